The number of hydrogen-bond donors (Lipinski definition) is 1. The number of piperidine rings is 1. The number of carbonyl (C=O) groups excluding carboxylic acids is 1. The Morgan fingerprint density at radius 2 is 2.00 bits per heavy atom. The van der Waals surface area contributed by atoms with Crippen LogP contribution in [0, 0.1) is 5.92 Å². The van der Waals surface area contributed by atoms with E-state index in [4.69, 9.17) is 11.6 Å². The van der Waals surface area contributed by atoms with Gasteiger partial charge in [-0.1, -0.05) is 48.0 Å². The van der Waals surface area contributed by atoms with E-state index in [0.717, 1.165) is 43.1 Å². The molecule has 1 N–H and O–H groups in total. The van der Waals surface area contributed by atoms with E-state index in [-0.39, 0.29) is 17.9 Å². The largest absolute Gasteiger partial charge is 0.349 e. The number of aryl methyl sites for hydroxylation is 2. The van der Waals surface area contributed by atoms with Crippen LogP contribution in [-0.4, -0.2) is 23.9 Å². The molecule has 0 spiro atoms. The molecule has 1 aliphatic carbocycles. The summed E-state index contributed by atoms with van der Waals surface area (Å²) in [5.41, 5.74) is 5.29. The zero-order valence-corrected chi connectivity index (χ0v) is 17.3. The van der Waals surface area contributed by atoms with E-state index in [2.05, 4.69) is 41.4 Å². The SMILES string of the molecule is C[C@@H](NC(=O)[C@@H]1CCCN(Cc2ccccc2Cl)C1)c1ccc2c(c1)CCC2. The summed E-state index contributed by atoms with van der Waals surface area (Å²) in [5, 5.41) is 4.07. The standard InChI is InChI=1S/C24H29ClN2O/c1-17(19-12-11-18-7-4-8-20(18)14-19)26-24(28)22-9-5-13-27(16-22)15-21-6-2-3-10-23(21)25/h2-3,6,10-12,14,17,22H,4-5,7-9,13,15-16H2,1H3,(H,26,28)/t17-,22-/m1/s1. The van der Waals surface area contributed by atoms with Crippen LogP contribution >= 0.6 is 11.6 Å². The zero-order chi connectivity index (χ0) is 19.5. The van der Waals surface area contributed by atoms with Crippen LogP contribution in [0.1, 0.15) is 54.5 Å². The van der Waals surface area contributed by atoms with Gasteiger partial charge >= 0.3 is 0 Å². The molecule has 3 nitrogen and oxygen atoms in total. The van der Waals surface area contributed by atoms with Crippen LogP contribution in [0.4, 0.5) is 0 Å². The number of halogens is 1. The molecule has 148 valence electrons. The number of nitrogens with one attached hydrogen (secondary N) is 1. The van der Waals surface area contributed by atoms with Gasteiger partial charge in [0.15, 0.2) is 0 Å². The minimum absolute atomic E-state index is 0.0492. The average Bonchev–Trinajstić information content (AvgIpc) is 3.18. The summed E-state index contributed by atoms with van der Waals surface area (Å²) < 4.78 is 0. The normalized spacial score (nSPS) is 20.6. The molecule has 1 saturated heterocycles. The van der Waals surface area contributed by atoms with Crippen LogP contribution in [-0.2, 0) is 24.2 Å². The van der Waals surface area contributed by atoms with Gasteiger partial charge in [-0.2, -0.15) is 0 Å². The van der Waals surface area contributed by atoms with Gasteiger partial charge < -0.3 is 5.32 Å². The number of likely N-dealkylation sites (tertiary alicyclic amines) is 1. The second kappa shape index (κ2) is 8.67. The second-order valence-corrected chi connectivity index (χ2v) is 8.68. The van der Waals surface area contributed by atoms with Gasteiger partial charge in [0.1, 0.15) is 0 Å². The Bertz CT molecular complexity index is 850. The predicted molar refractivity (Wildman–Crippen MR) is 114 cm³/mol. The highest BCUT2D eigenvalue weighted by Crippen LogP contribution is 2.26. The number of amides is 1. The minimum Gasteiger partial charge on any atom is -0.349 e. The topological polar surface area (TPSA) is 32.3 Å². The van der Waals surface area contributed by atoms with Crippen molar-refractivity contribution in [1.82, 2.24) is 10.2 Å². The van der Waals surface area contributed by atoms with Gasteiger partial charge in [-0.25, -0.2) is 0 Å². The number of carbonyl (C=O) groups is 1. The summed E-state index contributed by atoms with van der Waals surface area (Å²) in [6, 6.07) is 14.7. The fraction of sp³-hybridized carbons (Fsp3) is 0.458. The lowest BCUT2D eigenvalue weighted by molar-refractivity contribution is -0.127. The summed E-state index contributed by atoms with van der Waals surface area (Å²) in [6.07, 6.45) is 5.63. The number of fused-ring (bicyclic) bond motifs is 1. The van der Waals surface area contributed by atoms with Gasteiger partial charge in [0.05, 0.1) is 12.0 Å². The van der Waals surface area contributed by atoms with Crippen LogP contribution in [0.25, 0.3) is 0 Å². The molecule has 1 fully saturated rings. The fourth-order valence-electron chi connectivity index (χ4n) is 4.56. The molecule has 4 rings (SSSR count). The highest BCUT2D eigenvalue weighted by molar-refractivity contribution is 6.31. The van der Waals surface area contributed by atoms with Crippen molar-refractivity contribution in [2.24, 2.45) is 5.92 Å². The van der Waals surface area contributed by atoms with Gasteiger partial charge in [0, 0.05) is 18.1 Å². The lowest BCUT2D eigenvalue weighted by atomic mass is 9.95. The van der Waals surface area contributed by atoms with E-state index in [1.54, 1.807) is 0 Å². The molecule has 2 aromatic rings. The molecule has 28 heavy (non-hydrogen) atoms. The molecule has 1 aliphatic heterocycles. The molecule has 2 aliphatic rings. The minimum atomic E-state index is 0.0492. The third-order valence-electron chi connectivity index (χ3n) is 6.21. The molecule has 1 heterocycles. The Labute approximate surface area is 173 Å². The second-order valence-electron chi connectivity index (χ2n) is 8.28. The monoisotopic (exact) mass is 396 g/mol. The first-order chi connectivity index (χ1) is 13.6. The summed E-state index contributed by atoms with van der Waals surface area (Å²) in [4.78, 5) is 15.3. The molecule has 0 aromatic heterocycles. The van der Waals surface area contributed by atoms with E-state index < -0.39 is 0 Å². The number of nitrogens with zero attached hydrogens (tertiary/aromatic N) is 1. The van der Waals surface area contributed by atoms with Crippen molar-refractivity contribution in [3.05, 3.63) is 69.7 Å². The maximum atomic E-state index is 12.9. The number of hydrogen-bond acceptors (Lipinski definition) is 2. The van der Waals surface area contributed by atoms with E-state index >= 15 is 0 Å². The highest BCUT2D eigenvalue weighted by atomic mass is 35.5. The molecular formula is C24H29ClN2O. The maximum Gasteiger partial charge on any atom is 0.224 e. The lowest BCUT2D eigenvalue weighted by Crippen LogP contribution is -2.43. The Morgan fingerprint density at radius 3 is 2.86 bits per heavy atom. The van der Waals surface area contributed by atoms with E-state index in [0.29, 0.717) is 0 Å². The molecule has 4 heteroatoms. The molecule has 0 unspecified atom stereocenters. The van der Waals surface area contributed by atoms with Crippen molar-refractivity contribution in [2.45, 2.75) is 51.6 Å². The molecular weight excluding hydrogens is 368 g/mol. The summed E-state index contributed by atoms with van der Waals surface area (Å²) in [7, 11) is 0. The summed E-state index contributed by atoms with van der Waals surface area (Å²) in [6.45, 7) is 4.73. The molecule has 1 amide bonds. The summed E-state index contributed by atoms with van der Waals surface area (Å²) in [5.74, 6) is 0.227. The van der Waals surface area contributed by atoms with Crippen molar-refractivity contribution in [3.63, 3.8) is 0 Å². The molecule has 2 aromatic carbocycles. The zero-order valence-electron chi connectivity index (χ0n) is 16.6. The van der Waals surface area contributed by atoms with E-state index in [9.17, 15) is 4.79 Å². The highest BCUT2D eigenvalue weighted by Gasteiger charge is 2.27. The van der Waals surface area contributed by atoms with E-state index in [1.807, 2.05) is 18.2 Å². The van der Waals surface area contributed by atoms with Gasteiger partial charge in [-0.15, -0.1) is 0 Å². The van der Waals surface area contributed by atoms with Crippen LogP contribution < -0.4 is 5.32 Å². The molecule has 0 bridgehead atoms. The third-order valence-corrected chi connectivity index (χ3v) is 6.58. The van der Waals surface area contributed by atoms with Crippen molar-refractivity contribution in [2.75, 3.05) is 13.1 Å². The Morgan fingerprint density at radius 1 is 1.18 bits per heavy atom. The Balaban J connectivity index is 1.35. The van der Waals surface area contributed by atoms with Crippen molar-refractivity contribution >= 4 is 17.5 Å². The Kier molecular flexibility index (Phi) is 6.03. The van der Waals surface area contributed by atoms with Crippen LogP contribution in [0.3, 0.4) is 0 Å². The number of benzene rings is 2. The summed E-state index contributed by atoms with van der Waals surface area (Å²) >= 11 is 6.31. The first-order valence-electron chi connectivity index (χ1n) is 10.5. The van der Waals surface area contributed by atoms with Crippen molar-refractivity contribution in [3.8, 4) is 0 Å². The quantitative estimate of drug-likeness (QED) is 0.778. The Hall–Kier alpha value is -1.84. The fourth-order valence-corrected chi connectivity index (χ4v) is 4.75. The lowest BCUT2D eigenvalue weighted by Gasteiger charge is -2.33. The van der Waals surface area contributed by atoms with Crippen LogP contribution in [0.5, 0.6) is 0 Å². The molecule has 2 atom stereocenters. The number of rotatable bonds is 5. The van der Waals surface area contributed by atoms with Crippen LogP contribution in [0.15, 0.2) is 42.5 Å². The van der Waals surface area contributed by atoms with Gasteiger partial charge in [-0.3, -0.25) is 9.69 Å². The predicted octanol–water partition coefficient (Wildman–Crippen LogP) is 4.92. The van der Waals surface area contributed by atoms with Crippen LogP contribution in [0.2, 0.25) is 5.02 Å². The third kappa shape index (κ3) is 4.42. The van der Waals surface area contributed by atoms with Gasteiger partial charge in [0.2, 0.25) is 5.91 Å². The smallest absolute Gasteiger partial charge is 0.224 e. The molecule has 0 radical (unpaired) electrons. The first kappa shape index (κ1) is 19.5. The van der Waals surface area contributed by atoms with Gasteiger partial charge in [0.25, 0.3) is 0 Å². The first-order valence-corrected chi connectivity index (χ1v) is 10.9. The molecule has 0 saturated carbocycles. The van der Waals surface area contributed by atoms with Crippen molar-refractivity contribution < 1.29 is 4.79 Å². The van der Waals surface area contributed by atoms with E-state index in [1.165, 1.54) is 36.0 Å². The van der Waals surface area contributed by atoms with Gasteiger partial charge in [-0.05, 0) is 73.9 Å². The van der Waals surface area contributed by atoms with Crippen molar-refractivity contribution in [1.29, 1.82) is 0 Å². The maximum absolute atomic E-state index is 12.9. The average molecular weight is 397 g/mol.